The van der Waals surface area contributed by atoms with Crippen molar-refractivity contribution in [3.05, 3.63) is 23.2 Å². The molecule has 0 rings (SSSR count). The van der Waals surface area contributed by atoms with Crippen molar-refractivity contribution in [2.45, 2.75) is 0 Å². The summed E-state index contributed by atoms with van der Waals surface area (Å²) in [6.07, 6.45) is 1.65. The maximum atomic E-state index is 5.47. The van der Waals surface area contributed by atoms with Crippen molar-refractivity contribution in [1.82, 2.24) is 0 Å². The molecule has 9 heavy (non-hydrogen) atoms. The summed E-state index contributed by atoms with van der Waals surface area (Å²) in [5, 5.41) is 0.499. The summed E-state index contributed by atoms with van der Waals surface area (Å²) in [5.41, 5.74) is 1.28. The summed E-state index contributed by atoms with van der Waals surface area (Å²) in [5.74, 6) is 0. The van der Waals surface area contributed by atoms with Crippen LogP contribution in [-0.4, -0.2) is 13.2 Å². The lowest BCUT2D eigenvalue weighted by Gasteiger charge is -1.95. The number of hydrogen-bond acceptors (Lipinski definition) is 1. The lowest BCUT2D eigenvalue weighted by atomic mass is 10.6. The van der Waals surface area contributed by atoms with Gasteiger partial charge < -0.3 is 4.74 Å². The Labute approximate surface area is 64.9 Å². The average Bonchev–Trinajstić information content (AvgIpc) is 1.89. The van der Waals surface area contributed by atoms with Gasteiger partial charge in [0.25, 0.3) is 0 Å². The van der Waals surface area contributed by atoms with E-state index in [0.717, 1.165) is 0 Å². The van der Waals surface area contributed by atoms with E-state index in [1.807, 2.05) is 0 Å². The van der Waals surface area contributed by atoms with Crippen LogP contribution in [-0.2, 0) is 4.74 Å². The Hall–Kier alpha value is 0.0200. The second-order valence-electron chi connectivity index (χ2n) is 1.36. The minimum atomic E-state index is 0.358. The third-order valence-electron chi connectivity index (χ3n) is 0.594. The van der Waals surface area contributed by atoms with Crippen molar-refractivity contribution in [1.29, 1.82) is 0 Å². The van der Waals surface area contributed by atoms with Gasteiger partial charge in [0.2, 0.25) is 0 Å². The largest absolute Gasteiger partial charge is 0.372 e. The van der Waals surface area contributed by atoms with E-state index >= 15 is 0 Å². The molecule has 0 atom stereocenters. The molecule has 0 unspecified atom stereocenters. The number of halogens is 2. The summed E-state index contributed by atoms with van der Waals surface area (Å²) < 4.78 is 4.93. The Bertz CT molecular complexity index is 110. The first-order valence-electron chi connectivity index (χ1n) is 2.44. The molecular weight excluding hydrogens is 159 g/mol. The van der Waals surface area contributed by atoms with Crippen LogP contribution < -0.4 is 0 Å². The molecule has 3 heteroatoms. The molecule has 0 aromatic carbocycles. The van der Waals surface area contributed by atoms with E-state index in [1.54, 1.807) is 6.08 Å². The zero-order valence-corrected chi connectivity index (χ0v) is 6.45. The second kappa shape index (κ2) is 6.14. The quantitative estimate of drug-likeness (QED) is 0.461. The van der Waals surface area contributed by atoms with Crippen molar-refractivity contribution in [3.63, 3.8) is 0 Å². The Morgan fingerprint density at radius 2 is 2.33 bits per heavy atom. The fourth-order valence-electron chi connectivity index (χ4n) is 0.271. The first-order chi connectivity index (χ1) is 4.31. The molecule has 0 bridgehead atoms. The molecule has 0 fully saturated rings. The fourth-order valence-corrected chi connectivity index (χ4v) is 0.411. The summed E-state index contributed by atoms with van der Waals surface area (Å²) in [6, 6.07) is 0. The Balaban J connectivity index is 3.17. The molecule has 0 aromatic heterocycles. The molecule has 0 saturated heterocycles. The molecule has 0 N–H and O–H groups in total. The summed E-state index contributed by atoms with van der Waals surface area (Å²) in [7, 11) is 0. The molecule has 1 nitrogen and oxygen atoms in total. The van der Waals surface area contributed by atoms with E-state index in [-0.39, 0.29) is 0 Å². The van der Waals surface area contributed by atoms with Gasteiger partial charge in [-0.25, -0.2) is 0 Å². The van der Waals surface area contributed by atoms with Crippen LogP contribution in [0.25, 0.3) is 0 Å². The molecule has 0 aliphatic carbocycles. The first kappa shape index (κ1) is 9.02. The van der Waals surface area contributed by atoms with Crippen LogP contribution in [0, 0.1) is 0 Å². The normalized spacial score (nSPS) is 11.6. The topological polar surface area (TPSA) is 9.23 Å². The molecule has 0 radical (unpaired) electrons. The molecule has 0 aromatic rings. The Kier molecular flexibility index (Phi) is 6.16. The molecule has 0 saturated carbocycles. The second-order valence-corrected chi connectivity index (χ2v) is 2.06. The van der Waals surface area contributed by atoms with Crippen LogP contribution in [0.4, 0.5) is 0 Å². The highest BCUT2D eigenvalue weighted by Crippen LogP contribution is 2.02. The Morgan fingerprint density at radius 3 is 2.78 bits per heavy atom. The number of rotatable bonds is 4. The van der Waals surface area contributed by atoms with Crippen LogP contribution in [0.3, 0.4) is 0 Å². The number of ether oxygens (including phenoxy) is 1. The zero-order chi connectivity index (χ0) is 7.11. The van der Waals surface area contributed by atoms with Crippen LogP contribution in [0.5, 0.6) is 0 Å². The fraction of sp³-hybridized carbons (Fsp3) is 0.333. The maximum Gasteiger partial charge on any atom is 0.0836 e. The zero-order valence-electron chi connectivity index (χ0n) is 4.94. The molecule has 0 heterocycles. The van der Waals surface area contributed by atoms with Crippen molar-refractivity contribution in [2.75, 3.05) is 13.2 Å². The highest BCUT2D eigenvalue weighted by molar-refractivity contribution is 6.36. The monoisotopic (exact) mass is 166 g/mol. The molecule has 52 valence electrons. The van der Waals surface area contributed by atoms with Crippen LogP contribution in [0.2, 0.25) is 0 Å². The molecule has 0 aliphatic heterocycles. The van der Waals surface area contributed by atoms with Crippen molar-refractivity contribution in [3.8, 4) is 0 Å². The van der Waals surface area contributed by atoms with Crippen LogP contribution in [0.1, 0.15) is 0 Å². The first-order valence-corrected chi connectivity index (χ1v) is 3.26. The van der Waals surface area contributed by atoms with Gasteiger partial charge in [-0.3, -0.25) is 0 Å². The molecular formula is C6H8Cl2O. The van der Waals surface area contributed by atoms with E-state index in [4.69, 9.17) is 27.9 Å². The number of hydrogen-bond donors (Lipinski definition) is 0. The lowest BCUT2D eigenvalue weighted by molar-refractivity contribution is 0.191. The smallest absolute Gasteiger partial charge is 0.0836 e. The third-order valence-corrected chi connectivity index (χ3v) is 1.19. The van der Waals surface area contributed by atoms with Gasteiger partial charge in [-0.1, -0.05) is 29.3 Å². The summed E-state index contributed by atoms with van der Waals surface area (Å²) >= 11 is 10.7. The molecule has 0 spiro atoms. The SMILES string of the molecule is C=CCOC/C(Cl)=C/Cl. The van der Waals surface area contributed by atoms with E-state index in [0.29, 0.717) is 18.2 Å². The van der Waals surface area contributed by atoms with Crippen molar-refractivity contribution >= 4 is 23.2 Å². The highest BCUT2D eigenvalue weighted by Gasteiger charge is 1.87. The van der Waals surface area contributed by atoms with Gasteiger partial charge in [-0.2, -0.15) is 0 Å². The Morgan fingerprint density at radius 1 is 1.67 bits per heavy atom. The maximum absolute atomic E-state index is 5.47. The summed E-state index contributed by atoms with van der Waals surface area (Å²) in [6.45, 7) is 4.32. The predicted octanol–water partition coefficient (Wildman–Crippen LogP) is 2.51. The third kappa shape index (κ3) is 5.90. The van der Waals surface area contributed by atoms with Gasteiger partial charge in [-0.05, 0) is 0 Å². The van der Waals surface area contributed by atoms with Crippen molar-refractivity contribution < 1.29 is 4.74 Å². The van der Waals surface area contributed by atoms with Gasteiger partial charge >= 0.3 is 0 Å². The van der Waals surface area contributed by atoms with Crippen molar-refractivity contribution in [2.24, 2.45) is 0 Å². The lowest BCUT2D eigenvalue weighted by Crippen LogP contribution is -1.92. The molecule has 0 aliphatic rings. The predicted molar refractivity (Wildman–Crippen MR) is 40.8 cm³/mol. The average molecular weight is 167 g/mol. The molecule has 0 amide bonds. The van der Waals surface area contributed by atoms with Crippen LogP contribution >= 0.6 is 23.2 Å². The van der Waals surface area contributed by atoms with E-state index in [9.17, 15) is 0 Å². The van der Waals surface area contributed by atoms with E-state index in [1.165, 1.54) is 5.54 Å². The van der Waals surface area contributed by atoms with Gasteiger partial charge in [0.05, 0.1) is 18.2 Å². The summed E-state index contributed by atoms with van der Waals surface area (Å²) in [4.78, 5) is 0. The standard InChI is InChI=1S/C6H8Cl2O/c1-2-3-9-5-6(8)4-7/h2,4H,1,3,5H2/b6-4-. The van der Waals surface area contributed by atoms with Gasteiger partial charge in [-0.15, -0.1) is 6.58 Å². The van der Waals surface area contributed by atoms with E-state index < -0.39 is 0 Å². The van der Waals surface area contributed by atoms with Gasteiger partial charge in [0.15, 0.2) is 0 Å². The van der Waals surface area contributed by atoms with Crippen LogP contribution in [0.15, 0.2) is 23.2 Å². The van der Waals surface area contributed by atoms with Gasteiger partial charge in [0.1, 0.15) is 0 Å². The minimum Gasteiger partial charge on any atom is -0.372 e. The highest BCUT2D eigenvalue weighted by atomic mass is 35.5. The van der Waals surface area contributed by atoms with Gasteiger partial charge in [0, 0.05) is 5.54 Å². The van der Waals surface area contributed by atoms with E-state index in [2.05, 4.69) is 6.58 Å². The minimum absolute atomic E-state index is 0.358.